The Bertz CT molecular complexity index is 2080. The minimum Gasteiger partial charge on any atom is -0.371 e. The second-order valence-electron chi connectivity index (χ2n) is 13.4. The van der Waals surface area contributed by atoms with Crippen molar-refractivity contribution in [2.75, 3.05) is 53.3 Å². The number of alkyl halides is 3. The van der Waals surface area contributed by atoms with E-state index in [9.17, 15) is 31.2 Å². The summed E-state index contributed by atoms with van der Waals surface area (Å²) in [6, 6.07) is 15.9. The Balaban J connectivity index is 1.04. The highest BCUT2D eigenvalue weighted by Crippen LogP contribution is 2.35. The zero-order valence-corrected chi connectivity index (χ0v) is 30.8. The van der Waals surface area contributed by atoms with Crippen LogP contribution in [0.2, 0.25) is 0 Å². The molecule has 1 unspecified atom stereocenters. The highest BCUT2D eigenvalue weighted by molar-refractivity contribution is 7.92. The molecule has 2 aliphatic heterocycles. The number of nitrogens with one attached hydrogen (secondary N) is 3. The lowest BCUT2D eigenvalue weighted by atomic mass is 9.90. The average molecular weight is 767 g/mol. The van der Waals surface area contributed by atoms with Gasteiger partial charge in [-0.25, -0.2) is 18.4 Å². The quantitative estimate of drug-likeness (QED) is 0.171. The first kappa shape index (κ1) is 38.4. The Labute approximate surface area is 311 Å². The number of carbonyl (C=O) groups excluding carboxylic acids is 2. The molecule has 2 aromatic carbocycles. The fourth-order valence-electron chi connectivity index (χ4n) is 6.59. The zero-order valence-electron chi connectivity index (χ0n) is 30.0. The summed E-state index contributed by atoms with van der Waals surface area (Å²) >= 11 is 0. The number of nitrogens with zero attached hydrogens (tertiary/aromatic N) is 7. The SMILES string of the molecule is CN(Cc1ccc(C2CCC(=O)NC2=O)cc1)C1CCN(c2ccc(Nc3ncc(C(F)(F)F)c(NCc4nccnc4N(C)S(C)(=O)=O)n3)cc2)CC1. The van der Waals surface area contributed by atoms with E-state index in [2.05, 4.69) is 52.7 Å². The molecule has 18 heteroatoms. The Morgan fingerprint density at radius 3 is 2.28 bits per heavy atom. The van der Waals surface area contributed by atoms with E-state index < -0.39 is 27.6 Å². The summed E-state index contributed by atoms with van der Waals surface area (Å²) in [5.41, 5.74) is 2.67. The van der Waals surface area contributed by atoms with Crippen molar-refractivity contribution in [3.63, 3.8) is 0 Å². The Hall–Kier alpha value is -5.36. The number of carbonyl (C=O) groups is 2. The van der Waals surface area contributed by atoms with Gasteiger partial charge in [0.05, 0.1) is 18.7 Å². The van der Waals surface area contributed by atoms with Crippen molar-refractivity contribution in [3.8, 4) is 0 Å². The molecule has 6 rings (SSSR count). The molecular weight excluding hydrogens is 726 g/mol. The summed E-state index contributed by atoms with van der Waals surface area (Å²) < 4.78 is 66.7. The third kappa shape index (κ3) is 9.22. The molecule has 54 heavy (non-hydrogen) atoms. The number of hydrogen-bond donors (Lipinski definition) is 3. The number of rotatable bonds is 12. The molecule has 2 aliphatic rings. The summed E-state index contributed by atoms with van der Waals surface area (Å²) in [5.74, 6) is -1.36. The largest absolute Gasteiger partial charge is 0.421 e. The van der Waals surface area contributed by atoms with Crippen molar-refractivity contribution < 1.29 is 31.2 Å². The van der Waals surface area contributed by atoms with Gasteiger partial charge in [0, 0.05) is 69.1 Å². The first-order valence-corrected chi connectivity index (χ1v) is 19.2. The van der Waals surface area contributed by atoms with E-state index in [-0.39, 0.29) is 41.7 Å². The van der Waals surface area contributed by atoms with Crippen LogP contribution in [0.3, 0.4) is 0 Å². The van der Waals surface area contributed by atoms with Crippen molar-refractivity contribution in [3.05, 3.63) is 89.5 Å². The molecule has 2 amide bonds. The molecule has 0 saturated carbocycles. The second-order valence-corrected chi connectivity index (χ2v) is 15.4. The lowest BCUT2D eigenvalue weighted by Crippen LogP contribution is -2.43. The van der Waals surface area contributed by atoms with Gasteiger partial charge in [0.1, 0.15) is 17.1 Å². The second kappa shape index (κ2) is 15.9. The maximum Gasteiger partial charge on any atom is 0.421 e. The summed E-state index contributed by atoms with van der Waals surface area (Å²) in [5, 5.41) is 8.02. The normalized spacial score (nSPS) is 17.0. The monoisotopic (exact) mass is 766 g/mol. The van der Waals surface area contributed by atoms with Gasteiger partial charge in [-0.05, 0) is 61.7 Å². The van der Waals surface area contributed by atoms with E-state index in [1.165, 1.54) is 19.4 Å². The molecule has 1 atom stereocenters. The molecule has 0 radical (unpaired) electrons. The molecular formula is C36H41F3N10O4S. The van der Waals surface area contributed by atoms with Crippen LogP contribution in [-0.4, -0.2) is 84.6 Å². The molecule has 3 N–H and O–H groups in total. The zero-order chi connectivity index (χ0) is 38.6. The van der Waals surface area contributed by atoms with Gasteiger partial charge in [0.2, 0.25) is 27.8 Å². The van der Waals surface area contributed by atoms with Crippen molar-refractivity contribution in [1.82, 2.24) is 30.2 Å². The van der Waals surface area contributed by atoms with Crippen LogP contribution in [0, 0.1) is 0 Å². The number of piperidine rings is 2. The summed E-state index contributed by atoms with van der Waals surface area (Å²) in [6.45, 7) is 2.18. The summed E-state index contributed by atoms with van der Waals surface area (Å²) in [7, 11) is -0.308. The van der Waals surface area contributed by atoms with Crippen molar-refractivity contribution in [2.45, 2.75) is 56.9 Å². The fourth-order valence-corrected chi connectivity index (χ4v) is 7.06. The van der Waals surface area contributed by atoms with E-state index >= 15 is 0 Å². The van der Waals surface area contributed by atoms with E-state index in [0.717, 1.165) is 59.9 Å². The third-order valence-electron chi connectivity index (χ3n) is 9.69. The summed E-state index contributed by atoms with van der Waals surface area (Å²) in [6.07, 6.45) is 2.30. The first-order valence-electron chi connectivity index (χ1n) is 17.3. The molecule has 286 valence electrons. The average Bonchev–Trinajstić information content (AvgIpc) is 3.14. The Morgan fingerprint density at radius 2 is 1.63 bits per heavy atom. The van der Waals surface area contributed by atoms with Crippen molar-refractivity contribution >= 4 is 50.8 Å². The number of imide groups is 1. The van der Waals surface area contributed by atoms with Crippen molar-refractivity contribution in [2.24, 2.45) is 0 Å². The van der Waals surface area contributed by atoms with Crippen LogP contribution in [-0.2, 0) is 38.9 Å². The highest BCUT2D eigenvalue weighted by atomic mass is 32.2. The van der Waals surface area contributed by atoms with E-state index in [1.54, 1.807) is 0 Å². The lowest BCUT2D eigenvalue weighted by molar-refractivity contribution is -0.137. The van der Waals surface area contributed by atoms with Gasteiger partial charge >= 0.3 is 6.18 Å². The lowest BCUT2D eigenvalue weighted by Gasteiger charge is -2.38. The van der Waals surface area contributed by atoms with Gasteiger partial charge in [-0.1, -0.05) is 24.3 Å². The van der Waals surface area contributed by atoms with Gasteiger partial charge in [-0.2, -0.15) is 18.2 Å². The Morgan fingerprint density at radius 1 is 0.944 bits per heavy atom. The van der Waals surface area contributed by atoms with Gasteiger partial charge in [-0.15, -0.1) is 0 Å². The van der Waals surface area contributed by atoms with Crippen LogP contribution in [0.15, 0.2) is 67.1 Å². The number of anilines is 5. The molecule has 2 fully saturated rings. The fraction of sp³-hybridized carbons (Fsp3) is 0.389. The minimum absolute atomic E-state index is 0.0274. The van der Waals surface area contributed by atoms with E-state index in [1.807, 2.05) is 48.5 Å². The highest BCUT2D eigenvalue weighted by Gasteiger charge is 2.35. The van der Waals surface area contributed by atoms with Crippen LogP contribution in [0.25, 0.3) is 0 Å². The van der Waals surface area contributed by atoms with Gasteiger partial charge in [-0.3, -0.25) is 29.1 Å². The standard InChI is InChI=1S/C36H41F3N10O4S/c1-47(22-23-4-6-24(7-5-23)28-12-13-31(50)45-34(28)51)26-14-18-49(19-15-26)27-10-8-25(9-11-27)44-35-43-20-29(36(37,38)39)32(46-35)42-21-30-33(41-17-16-40-30)48(2)54(3,52)53/h4-11,16-17,20,26,28H,12-15,18-19,21-22H2,1-3H3,(H,45,50,51)(H2,42,43,44,46). The van der Waals surface area contributed by atoms with Crippen LogP contribution in [0.4, 0.5) is 42.1 Å². The predicted molar refractivity (Wildman–Crippen MR) is 198 cm³/mol. The number of benzene rings is 2. The van der Waals surface area contributed by atoms with Gasteiger partial charge < -0.3 is 15.5 Å². The maximum atomic E-state index is 13.9. The van der Waals surface area contributed by atoms with E-state index in [0.29, 0.717) is 30.8 Å². The molecule has 4 heterocycles. The molecule has 0 bridgehead atoms. The topological polar surface area (TPSA) is 166 Å². The van der Waals surface area contributed by atoms with Crippen LogP contribution in [0.1, 0.15) is 54.0 Å². The maximum absolute atomic E-state index is 13.9. The van der Waals surface area contributed by atoms with Crippen LogP contribution in [0.5, 0.6) is 0 Å². The number of amides is 2. The molecule has 2 saturated heterocycles. The molecule has 0 spiro atoms. The first-order chi connectivity index (χ1) is 25.7. The molecule has 0 aliphatic carbocycles. The smallest absolute Gasteiger partial charge is 0.371 e. The third-order valence-corrected chi connectivity index (χ3v) is 10.9. The van der Waals surface area contributed by atoms with E-state index in [4.69, 9.17) is 0 Å². The predicted octanol–water partition coefficient (Wildman–Crippen LogP) is 4.66. The molecule has 4 aromatic rings. The summed E-state index contributed by atoms with van der Waals surface area (Å²) in [4.78, 5) is 44.5. The number of sulfonamides is 1. The Kier molecular flexibility index (Phi) is 11.3. The minimum atomic E-state index is -4.76. The number of aromatic nitrogens is 4. The van der Waals surface area contributed by atoms with Gasteiger partial charge in [0.25, 0.3) is 0 Å². The van der Waals surface area contributed by atoms with Crippen molar-refractivity contribution in [1.29, 1.82) is 0 Å². The molecule has 14 nitrogen and oxygen atoms in total. The van der Waals surface area contributed by atoms with Crippen LogP contribution >= 0.6 is 0 Å². The molecule has 2 aromatic heterocycles. The number of hydrogen-bond acceptors (Lipinski definition) is 12. The van der Waals surface area contributed by atoms with Crippen LogP contribution < -0.4 is 25.2 Å². The van der Waals surface area contributed by atoms with Gasteiger partial charge in [0.15, 0.2) is 5.82 Å². The number of halogens is 3.